The highest BCUT2D eigenvalue weighted by atomic mass is 35.5. The molecule has 2 heterocycles. The molecule has 1 amide bonds. The first-order chi connectivity index (χ1) is 12.5. The van der Waals surface area contributed by atoms with Crippen LogP contribution in [0.4, 0.5) is 9.18 Å². The zero-order valence-electron chi connectivity index (χ0n) is 14.8. The second kappa shape index (κ2) is 8.05. The molecule has 1 aromatic carbocycles. The van der Waals surface area contributed by atoms with E-state index in [0.29, 0.717) is 30.8 Å². The van der Waals surface area contributed by atoms with E-state index in [1.165, 1.54) is 19.2 Å². The van der Waals surface area contributed by atoms with E-state index >= 15 is 0 Å². The van der Waals surface area contributed by atoms with Crippen LogP contribution in [0.5, 0.6) is 0 Å². The Kier molecular flexibility index (Phi) is 5.78. The molecule has 0 aliphatic carbocycles. The minimum atomic E-state index is -0.297. The zero-order valence-corrected chi connectivity index (χ0v) is 15.6. The van der Waals surface area contributed by atoms with E-state index in [2.05, 4.69) is 10.4 Å². The normalized spacial score (nSPS) is 15.3. The molecular weight excluding hydrogens is 359 g/mol. The van der Waals surface area contributed by atoms with Gasteiger partial charge in [0, 0.05) is 31.2 Å². The van der Waals surface area contributed by atoms with Crippen molar-refractivity contribution < 1.29 is 13.9 Å². The van der Waals surface area contributed by atoms with Gasteiger partial charge in [-0.3, -0.25) is 0 Å². The molecule has 0 radical (unpaired) electrons. The fourth-order valence-electron chi connectivity index (χ4n) is 3.13. The molecule has 0 unspecified atom stereocenters. The molecule has 3 rings (SSSR count). The molecule has 0 spiro atoms. The van der Waals surface area contributed by atoms with Gasteiger partial charge in [-0.15, -0.1) is 0 Å². The summed E-state index contributed by atoms with van der Waals surface area (Å²) in [7, 11) is 1.40. The Labute approximate surface area is 156 Å². The maximum Gasteiger partial charge on any atom is 0.409 e. The number of hydrogen-bond acceptors (Lipinski definition) is 4. The van der Waals surface area contributed by atoms with Crippen molar-refractivity contribution in [3.05, 3.63) is 46.5 Å². The Morgan fingerprint density at radius 1 is 1.35 bits per heavy atom. The molecule has 26 heavy (non-hydrogen) atoms. The number of likely N-dealkylation sites (tertiary alicyclic amines) is 1. The summed E-state index contributed by atoms with van der Waals surface area (Å²) in [5.41, 5.74) is 2.47. The van der Waals surface area contributed by atoms with Gasteiger partial charge in [-0.05, 0) is 44.0 Å². The first-order valence-corrected chi connectivity index (χ1v) is 8.93. The van der Waals surface area contributed by atoms with Crippen LogP contribution in [-0.2, 0) is 11.3 Å². The Balaban J connectivity index is 1.62. The number of hydrogen-bond donors (Lipinski definition) is 1. The number of amides is 1. The lowest BCUT2D eigenvalue weighted by molar-refractivity contribution is 0.109. The molecule has 0 atom stereocenters. The number of carbonyl (C=O) groups is 1. The van der Waals surface area contributed by atoms with Crippen LogP contribution in [0.25, 0.3) is 5.69 Å². The molecule has 1 fully saturated rings. The van der Waals surface area contributed by atoms with Gasteiger partial charge in [-0.2, -0.15) is 5.10 Å². The van der Waals surface area contributed by atoms with Crippen LogP contribution in [0, 0.1) is 12.7 Å². The number of aromatic nitrogens is 2. The van der Waals surface area contributed by atoms with Crippen LogP contribution < -0.4 is 5.32 Å². The highest BCUT2D eigenvalue weighted by Crippen LogP contribution is 2.24. The first-order valence-electron chi connectivity index (χ1n) is 8.55. The highest BCUT2D eigenvalue weighted by molar-refractivity contribution is 6.30. The zero-order chi connectivity index (χ0) is 18.7. The fourth-order valence-corrected chi connectivity index (χ4v) is 3.47. The number of ether oxygens (including phenoxy) is 1. The maximum atomic E-state index is 13.1. The Morgan fingerprint density at radius 2 is 2.00 bits per heavy atom. The first kappa shape index (κ1) is 18.7. The molecule has 1 aromatic heterocycles. The number of piperidine rings is 1. The molecular formula is C18H22ClFN4O2. The van der Waals surface area contributed by atoms with E-state index in [9.17, 15) is 9.18 Å². The SMILES string of the molecule is COC(=O)N1CCC(NCc2c(C)nn(-c3ccc(F)cc3)c2Cl)CC1. The number of rotatable bonds is 4. The van der Waals surface area contributed by atoms with Crippen LogP contribution in [0.3, 0.4) is 0 Å². The fraction of sp³-hybridized carbons (Fsp3) is 0.444. The van der Waals surface area contributed by atoms with E-state index in [1.54, 1.807) is 21.7 Å². The maximum absolute atomic E-state index is 13.1. The third-order valence-electron chi connectivity index (χ3n) is 4.69. The lowest BCUT2D eigenvalue weighted by atomic mass is 10.1. The molecule has 6 nitrogen and oxygen atoms in total. The number of benzene rings is 1. The van der Waals surface area contributed by atoms with Gasteiger partial charge in [-0.1, -0.05) is 11.6 Å². The van der Waals surface area contributed by atoms with Crippen molar-refractivity contribution in [2.75, 3.05) is 20.2 Å². The number of methoxy groups -OCH3 is 1. The molecule has 2 aromatic rings. The quantitative estimate of drug-likeness (QED) is 0.884. The molecule has 0 saturated carbocycles. The molecule has 0 bridgehead atoms. The average Bonchev–Trinajstić information content (AvgIpc) is 2.94. The van der Waals surface area contributed by atoms with Gasteiger partial charge >= 0.3 is 6.09 Å². The Morgan fingerprint density at radius 3 is 2.62 bits per heavy atom. The van der Waals surface area contributed by atoms with Crippen LogP contribution in [0.1, 0.15) is 24.1 Å². The summed E-state index contributed by atoms with van der Waals surface area (Å²) >= 11 is 6.50. The largest absolute Gasteiger partial charge is 0.453 e. The minimum absolute atomic E-state index is 0.275. The summed E-state index contributed by atoms with van der Waals surface area (Å²) in [5, 5.41) is 8.49. The average molecular weight is 381 g/mol. The molecule has 1 aliphatic rings. The van der Waals surface area contributed by atoms with Crippen LogP contribution in [0.2, 0.25) is 5.15 Å². The summed E-state index contributed by atoms with van der Waals surface area (Å²) in [6.07, 6.45) is 1.44. The van der Waals surface area contributed by atoms with Crippen LogP contribution in [0.15, 0.2) is 24.3 Å². The van der Waals surface area contributed by atoms with Crippen molar-refractivity contribution >= 4 is 17.7 Å². The third kappa shape index (κ3) is 3.99. The summed E-state index contributed by atoms with van der Waals surface area (Å²) in [4.78, 5) is 13.2. The Hall–Kier alpha value is -2.12. The summed E-state index contributed by atoms with van der Waals surface area (Å²) < 4.78 is 19.5. The van der Waals surface area contributed by atoms with E-state index in [0.717, 1.165) is 29.8 Å². The van der Waals surface area contributed by atoms with Gasteiger partial charge in [-0.25, -0.2) is 13.9 Å². The highest BCUT2D eigenvalue weighted by Gasteiger charge is 2.23. The lowest BCUT2D eigenvalue weighted by Gasteiger charge is -2.31. The summed E-state index contributed by atoms with van der Waals surface area (Å²) in [6.45, 7) is 3.84. The minimum Gasteiger partial charge on any atom is -0.453 e. The van der Waals surface area contributed by atoms with Crippen molar-refractivity contribution in [2.24, 2.45) is 0 Å². The van der Waals surface area contributed by atoms with Crippen molar-refractivity contribution in [3.8, 4) is 5.69 Å². The summed E-state index contributed by atoms with van der Waals surface area (Å²) in [5.74, 6) is -0.297. The standard InChI is InChI=1S/C18H22ClFN4O2/c1-12-16(11-21-14-7-9-23(10-8-14)18(25)26-2)17(19)24(22-12)15-5-3-13(20)4-6-15/h3-6,14,21H,7-11H2,1-2H3. The predicted octanol–water partition coefficient (Wildman–Crippen LogP) is 3.29. The van der Waals surface area contributed by atoms with Gasteiger partial charge in [0.05, 0.1) is 18.5 Å². The van der Waals surface area contributed by atoms with Crippen molar-refractivity contribution in [3.63, 3.8) is 0 Å². The second-order valence-electron chi connectivity index (χ2n) is 6.36. The molecule has 140 valence electrons. The van der Waals surface area contributed by atoms with Gasteiger partial charge in [0.2, 0.25) is 0 Å². The lowest BCUT2D eigenvalue weighted by Crippen LogP contribution is -2.44. The molecule has 1 aliphatic heterocycles. The monoisotopic (exact) mass is 380 g/mol. The second-order valence-corrected chi connectivity index (χ2v) is 6.71. The van der Waals surface area contributed by atoms with Crippen LogP contribution in [-0.4, -0.2) is 47.0 Å². The number of nitrogens with zero attached hydrogens (tertiary/aromatic N) is 3. The number of halogens is 2. The third-order valence-corrected chi connectivity index (χ3v) is 5.08. The smallest absolute Gasteiger partial charge is 0.409 e. The van der Waals surface area contributed by atoms with E-state index in [-0.39, 0.29) is 11.9 Å². The predicted molar refractivity (Wildman–Crippen MR) is 97.1 cm³/mol. The van der Waals surface area contributed by atoms with E-state index in [4.69, 9.17) is 16.3 Å². The van der Waals surface area contributed by atoms with Gasteiger partial charge in [0.25, 0.3) is 0 Å². The summed E-state index contributed by atoms with van der Waals surface area (Å²) in [6, 6.07) is 6.37. The number of carbonyl (C=O) groups excluding carboxylic acids is 1. The van der Waals surface area contributed by atoms with Crippen LogP contribution >= 0.6 is 11.6 Å². The molecule has 1 saturated heterocycles. The van der Waals surface area contributed by atoms with Crippen molar-refractivity contribution in [2.45, 2.75) is 32.4 Å². The van der Waals surface area contributed by atoms with Crippen molar-refractivity contribution in [1.29, 1.82) is 0 Å². The van der Waals surface area contributed by atoms with Crippen molar-refractivity contribution in [1.82, 2.24) is 20.0 Å². The Bertz CT molecular complexity index is 770. The molecule has 1 N–H and O–H groups in total. The van der Waals surface area contributed by atoms with Gasteiger partial charge in [0.15, 0.2) is 0 Å². The number of aryl methyl sites for hydroxylation is 1. The molecule has 8 heteroatoms. The topological polar surface area (TPSA) is 59.4 Å². The van der Waals surface area contributed by atoms with E-state index < -0.39 is 0 Å². The van der Waals surface area contributed by atoms with Gasteiger partial charge < -0.3 is 15.0 Å². The van der Waals surface area contributed by atoms with Gasteiger partial charge in [0.1, 0.15) is 11.0 Å². The van der Waals surface area contributed by atoms with E-state index in [1.807, 2.05) is 6.92 Å². The number of nitrogens with one attached hydrogen (secondary N) is 1.